The third kappa shape index (κ3) is 4.64. The molecule has 25 heavy (non-hydrogen) atoms. The number of halogens is 4. The lowest BCUT2D eigenvalue weighted by atomic mass is 10.1. The van der Waals surface area contributed by atoms with Crippen LogP contribution in [0.1, 0.15) is 10.4 Å². The smallest absolute Gasteiger partial charge is 0.387 e. The molecule has 0 fully saturated rings. The van der Waals surface area contributed by atoms with E-state index >= 15 is 0 Å². The molecule has 134 valence electrons. The minimum Gasteiger partial charge on any atom is -0.493 e. The molecule has 0 saturated heterocycles. The van der Waals surface area contributed by atoms with E-state index in [-0.39, 0.29) is 21.4 Å². The fourth-order valence-corrected chi connectivity index (χ4v) is 2.54. The summed E-state index contributed by atoms with van der Waals surface area (Å²) in [6, 6.07) is 6.76. The van der Waals surface area contributed by atoms with Crippen LogP contribution < -0.4 is 19.5 Å². The zero-order valence-corrected chi connectivity index (χ0v) is 14.6. The van der Waals surface area contributed by atoms with E-state index in [4.69, 9.17) is 32.7 Å². The molecule has 2 rings (SSSR count). The zero-order chi connectivity index (χ0) is 18.6. The van der Waals surface area contributed by atoms with Crippen molar-refractivity contribution in [2.45, 2.75) is 6.61 Å². The molecule has 0 aliphatic carbocycles. The van der Waals surface area contributed by atoms with E-state index in [2.05, 4.69) is 10.1 Å². The Morgan fingerprint density at radius 2 is 1.76 bits per heavy atom. The molecule has 0 spiro atoms. The number of methoxy groups -OCH3 is 2. The Hall–Kier alpha value is -2.25. The molecule has 0 saturated carbocycles. The maximum atomic E-state index is 12.3. The van der Waals surface area contributed by atoms with E-state index in [9.17, 15) is 13.6 Å². The molecule has 2 aromatic carbocycles. The first-order chi connectivity index (χ1) is 11.8. The highest BCUT2D eigenvalue weighted by atomic mass is 35.5. The van der Waals surface area contributed by atoms with Gasteiger partial charge in [-0.15, -0.1) is 0 Å². The number of carbonyl (C=O) groups excluding carboxylic acids is 1. The van der Waals surface area contributed by atoms with E-state index in [1.54, 1.807) is 0 Å². The van der Waals surface area contributed by atoms with Crippen LogP contribution >= 0.6 is 23.2 Å². The average molecular weight is 392 g/mol. The Morgan fingerprint density at radius 1 is 1.04 bits per heavy atom. The van der Waals surface area contributed by atoms with Crippen molar-refractivity contribution in [1.29, 1.82) is 0 Å². The van der Waals surface area contributed by atoms with Crippen LogP contribution in [0, 0.1) is 0 Å². The number of ether oxygens (including phenoxy) is 3. The molecule has 0 aromatic heterocycles. The second-order valence-electron chi connectivity index (χ2n) is 4.67. The Morgan fingerprint density at radius 3 is 2.32 bits per heavy atom. The third-order valence-corrected chi connectivity index (χ3v) is 3.68. The molecule has 9 heteroatoms. The highest BCUT2D eigenvalue weighted by Gasteiger charge is 2.16. The maximum Gasteiger partial charge on any atom is 0.387 e. The Bertz CT molecular complexity index is 787. The first-order valence-corrected chi connectivity index (χ1v) is 7.58. The summed E-state index contributed by atoms with van der Waals surface area (Å²) in [4.78, 5) is 12.3. The molecule has 1 N–H and O–H groups in total. The molecule has 5 nitrogen and oxygen atoms in total. The standard InChI is InChI=1S/C16H13Cl2F2NO4/c1-23-13-6-8(5-11(18)14(13)24-2)15(22)21-9-3-4-12(10(17)7-9)25-16(19)20/h3-7,16H,1-2H3,(H,21,22). The van der Waals surface area contributed by atoms with Crippen molar-refractivity contribution in [2.75, 3.05) is 19.5 Å². The van der Waals surface area contributed by atoms with Crippen molar-refractivity contribution in [3.8, 4) is 17.2 Å². The van der Waals surface area contributed by atoms with Gasteiger partial charge in [0.2, 0.25) is 0 Å². The quantitative estimate of drug-likeness (QED) is 0.763. The van der Waals surface area contributed by atoms with Gasteiger partial charge in [0.05, 0.1) is 24.3 Å². The van der Waals surface area contributed by atoms with Gasteiger partial charge < -0.3 is 19.5 Å². The molecule has 0 aliphatic heterocycles. The van der Waals surface area contributed by atoms with Gasteiger partial charge in [-0.2, -0.15) is 8.78 Å². The summed E-state index contributed by atoms with van der Waals surface area (Å²) >= 11 is 11.9. The number of alkyl halides is 2. The highest BCUT2D eigenvalue weighted by Crippen LogP contribution is 2.36. The molecule has 0 aliphatic rings. The first kappa shape index (κ1) is 19.1. The number of hydrogen-bond donors (Lipinski definition) is 1. The summed E-state index contributed by atoms with van der Waals surface area (Å²) in [5, 5.41) is 2.71. The lowest BCUT2D eigenvalue weighted by molar-refractivity contribution is -0.0497. The van der Waals surface area contributed by atoms with E-state index in [1.807, 2.05) is 0 Å². The Labute approximate surface area is 152 Å². The predicted molar refractivity (Wildman–Crippen MR) is 90.6 cm³/mol. The van der Waals surface area contributed by atoms with Crippen molar-refractivity contribution >= 4 is 34.8 Å². The minimum absolute atomic E-state index is 0.0663. The number of benzene rings is 2. The van der Waals surface area contributed by atoms with Crippen molar-refractivity contribution in [3.63, 3.8) is 0 Å². The van der Waals surface area contributed by atoms with Crippen LogP contribution in [0.2, 0.25) is 10.0 Å². The number of hydrogen-bond acceptors (Lipinski definition) is 4. The van der Waals surface area contributed by atoms with Crippen LogP contribution in [0.15, 0.2) is 30.3 Å². The average Bonchev–Trinajstić information content (AvgIpc) is 2.56. The summed E-state index contributed by atoms with van der Waals surface area (Å²) in [5.74, 6) is -0.0959. The normalized spacial score (nSPS) is 10.5. The van der Waals surface area contributed by atoms with E-state index < -0.39 is 12.5 Å². The van der Waals surface area contributed by atoms with Crippen molar-refractivity contribution in [1.82, 2.24) is 0 Å². The van der Waals surface area contributed by atoms with Gasteiger partial charge in [-0.3, -0.25) is 4.79 Å². The van der Waals surface area contributed by atoms with Gasteiger partial charge in [-0.1, -0.05) is 23.2 Å². The topological polar surface area (TPSA) is 56.8 Å². The van der Waals surface area contributed by atoms with Crippen LogP contribution in [0.5, 0.6) is 17.2 Å². The summed E-state index contributed by atoms with van der Waals surface area (Å²) in [7, 11) is 2.84. The Balaban J connectivity index is 2.22. The van der Waals surface area contributed by atoms with Crippen molar-refractivity contribution < 1.29 is 27.8 Å². The van der Waals surface area contributed by atoms with Crippen LogP contribution in [-0.4, -0.2) is 26.7 Å². The molecule has 2 aromatic rings. The van der Waals surface area contributed by atoms with Gasteiger partial charge in [-0.05, 0) is 30.3 Å². The van der Waals surface area contributed by atoms with Gasteiger partial charge >= 0.3 is 6.61 Å². The number of carbonyl (C=O) groups is 1. The lowest BCUT2D eigenvalue weighted by Crippen LogP contribution is -2.12. The number of rotatable bonds is 6. The van der Waals surface area contributed by atoms with E-state index in [0.717, 1.165) is 0 Å². The van der Waals surface area contributed by atoms with Crippen molar-refractivity contribution in [3.05, 3.63) is 45.9 Å². The first-order valence-electron chi connectivity index (χ1n) is 6.83. The summed E-state index contributed by atoms with van der Waals surface area (Å²) in [5.41, 5.74) is 0.509. The number of anilines is 1. The largest absolute Gasteiger partial charge is 0.493 e. The summed E-state index contributed by atoms with van der Waals surface area (Å²) < 4.78 is 38.9. The monoisotopic (exact) mass is 391 g/mol. The summed E-state index contributed by atoms with van der Waals surface area (Å²) in [6.45, 7) is -2.99. The van der Waals surface area contributed by atoms with E-state index in [0.29, 0.717) is 17.2 Å². The van der Waals surface area contributed by atoms with Crippen LogP contribution in [-0.2, 0) is 0 Å². The van der Waals surface area contributed by atoms with Gasteiger partial charge in [0.1, 0.15) is 5.75 Å². The molecule has 0 bridgehead atoms. The molecular formula is C16H13Cl2F2NO4. The highest BCUT2D eigenvalue weighted by molar-refractivity contribution is 6.33. The molecule has 1 amide bonds. The van der Waals surface area contributed by atoms with Gasteiger partial charge in [0.15, 0.2) is 11.5 Å². The second kappa shape index (κ2) is 8.22. The zero-order valence-electron chi connectivity index (χ0n) is 13.1. The maximum absolute atomic E-state index is 12.3. The fourth-order valence-electron chi connectivity index (χ4n) is 2.02. The van der Waals surface area contributed by atoms with Crippen LogP contribution in [0.4, 0.5) is 14.5 Å². The predicted octanol–water partition coefficient (Wildman–Crippen LogP) is 4.86. The van der Waals surface area contributed by atoms with Gasteiger partial charge in [0.25, 0.3) is 5.91 Å². The SMILES string of the molecule is COc1cc(C(=O)Nc2ccc(OC(F)F)c(Cl)c2)cc(Cl)c1OC. The van der Waals surface area contributed by atoms with Crippen molar-refractivity contribution in [2.24, 2.45) is 0 Å². The Kier molecular flexibility index (Phi) is 6.27. The number of nitrogens with one attached hydrogen (secondary N) is 1. The lowest BCUT2D eigenvalue weighted by Gasteiger charge is -2.12. The van der Waals surface area contributed by atoms with Crippen LogP contribution in [0.3, 0.4) is 0 Å². The van der Waals surface area contributed by atoms with Gasteiger partial charge in [0, 0.05) is 11.3 Å². The third-order valence-electron chi connectivity index (χ3n) is 3.10. The molecular weight excluding hydrogens is 379 g/mol. The molecule has 0 atom stereocenters. The fraction of sp³-hybridized carbons (Fsp3) is 0.188. The number of amides is 1. The molecule has 0 heterocycles. The van der Waals surface area contributed by atoms with E-state index in [1.165, 1.54) is 44.6 Å². The minimum atomic E-state index is -2.99. The second-order valence-corrected chi connectivity index (χ2v) is 5.49. The van der Waals surface area contributed by atoms with Gasteiger partial charge in [-0.25, -0.2) is 0 Å². The molecule has 0 radical (unpaired) electrons. The van der Waals surface area contributed by atoms with Crippen LogP contribution in [0.25, 0.3) is 0 Å². The molecule has 0 unspecified atom stereocenters. The summed E-state index contributed by atoms with van der Waals surface area (Å²) in [6.07, 6.45) is 0.